The van der Waals surface area contributed by atoms with Crippen molar-refractivity contribution in [3.05, 3.63) is 12.2 Å². The van der Waals surface area contributed by atoms with Gasteiger partial charge in [0, 0.05) is 13.8 Å². The van der Waals surface area contributed by atoms with Crippen molar-refractivity contribution >= 4 is 18.2 Å². The summed E-state index contributed by atoms with van der Waals surface area (Å²) in [5.41, 5.74) is 0. The van der Waals surface area contributed by atoms with Gasteiger partial charge in [-0.15, -0.1) is 0 Å². The summed E-state index contributed by atoms with van der Waals surface area (Å²) in [4.78, 5) is 37.7. The molecular formula is C65H113N3O37. The van der Waals surface area contributed by atoms with Gasteiger partial charge in [0.2, 0.25) is 18.2 Å². The zero-order valence-electron chi connectivity index (χ0n) is 58.9. The van der Waals surface area contributed by atoms with E-state index in [2.05, 4.69) is 22.9 Å². The summed E-state index contributed by atoms with van der Waals surface area (Å²) >= 11 is 0. The van der Waals surface area contributed by atoms with Crippen LogP contribution < -0.4 is 16.0 Å². The lowest BCUT2D eigenvalue weighted by Gasteiger charge is -2.52. The van der Waals surface area contributed by atoms with Crippen molar-refractivity contribution < 1.29 is 183 Å². The summed E-state index contributed by atoms with van der Waals surface area (Å²) in [6.45, 7) is -1.43. The number of nitrogens with one attached hydrogen (secondary N) is 3. The lowest BCUT2D eigenvalue weighted by atomic mass is 9.93. The summed E-state index contributed by atoms with van der Waals surface area (Å²) in [6.07, 6.45) is -49.7. The Balaban J connectivity index is 1.09. The number of hydrogen-bond donors (Lipinski definition) is 23. The van der Waals surface area contributed by atoms with Crippen LogP contribution in [0.4, 0.5) is 0 Å². The van der Waals surface area contributed by atoms with Crippen molar-refractivity contribution in [1.29, 1.82) is 0 Å². The van der Waals surface area contributed by atoms with Gasteiger partial charge in [-0.25, -0.2) is 0 Å². The van der Waals surface area contributed by atoms with Crippen molar-refractivity contribution in [3.8, 4) is 0 Å². The predicted octanol–water partition coefficient (Wildman–Crippen LogP) is -10.2. The number of ether oxygens (including phenoxy) is 14. The van der Waals surface area contributed by atoms with Crippen LogP contribution in [0.1, 0.15) is 105 Å². The van der Waals surface area contributed by atoms with Gasteiger partial charge in [0.25, 0.3) is 0 Å². The van der Waals surface area contributed by atoms with Crippen LogP contribution in [0.5, 0.6) is 0 Å². The molecule has 610 valence electrons. The Morgan fingerprint density at radius 2 is 0.781 bits per heavy atom. The minimum Gasteiger partial charge on any atom is -0.394 e. The number of allylic oxidation sites excluding steroid dienone is 1. The molecule has 0 aromatic rings. The summed E-state index contributed by atoms with van der Waals surface area (Å²) in [7, 11) is 0. The minimum absolute atomic E-state index is 0.325. The van der Waals surface area contributed by atoms with Crippen LogP contribution in [0.3, 0.4) is 0 Å². The van der Waals surface area contributed by atoms with Crippen LogP contribution in [0.15, 0.2) is 12.2 Å². The van der Waals surface area contributed by atoms with Crippen LogP contribution in [-0.4, -0.2) is 394 Å². The Morgan fingerprint density at radius 3 is 1.33 bits per heavy atom. The highest BCUT2D eigenvalue weighted by molar-refractivity contribution is 5.73. The number of aliphatic hydroxyl groups is 20. The molecule has 0 aliphatic carbocycles. The van der Waals surface area contributed by atoms with E-state index in [9.17, 15) is 117 Å². The van der Waals surface area contributed by atoms with Crippen molar-refractivity contribution in [2.75, 3.05) is 46.2 Å². The molecule has 40 heteroatoms. The molecule has 0 bridgehead atoms. The lowest BCUT2D eigenvalue weighted by Crippen LogP contribution is -2.71. The van der Waals surface area contributed by atoms with Crippen LogP contribution in [0.2, 0.25) is 0 Å². The summed E-state index contributed by atoms with van der Waals surface area (Å²) in [6, 6.07) is -4.89. The Bertz CT molecular complexity index is 2560. The summed E-state index contributed by atoms with van der Waals surface area (Å²) in [5.74, 6) is -1.83. The molecule has 23 N–H and O–H groups in total. The fourth-order valence-corrected chi connectivity index (χ4v) is 13.7. The normalized spacial score (nSPS) is 43.3. The predicted molar refractivity (Wildman–Crippen MR) is 347 cm³/mol. The van der Waals surface area contributed by atoms with Gasteiger partial charge in [0.05, 0.1) is 64.5 Å². The zero-order chi connectivity index (χ0) is 77.1. The maximum Gasteiger partial charge on any atom is 0.217 e. The first kappa shape index (κ1) is 89.0. The highest BCUT2D eigenvalue weighted by atomic mass is 16.8. The number of carbonyl (C=O) groups is 3. The number of aliphatic hydroxyl groups excluding tert-OH is 20. The average Bonchev–Trinajstić information content (AvgIpc) is 0.760. The fourth-order valence-electron chi connectivity index (χ4n) is 13.7. The maximum absolute atomic E-state index is 13.1. The molecule has 0 unspecified atom stereocenters. The van der Waals surface area contributed by atoms with Gasteiger partial charge < -0.3 is 184 Å². The van der Waals surface area contributed by atoms with Gasteiger partial charge in [-0.1, -0.05) is 83.3 Å². The number of rotatable bonds is 39. The first-order chi connectivity index (χ1) is 50.1. The molecule has 7 heterocycles. The second kappa shape index (κ2) is 43.0. The third-order valence-corrected chi connectivity index (χ3v) is 19.7. The number of hydrogen-bond acceptors (Lipinski definition) is 37. The number of amides is 3. The molecule has 7 aliphatic heterocycles. The molecule has 3 amide bonds. The molecule has 0 aromatic heterocycles. The van der Waals surface area contributed by atoms with Crippen molar-refractivity contribution in [2.45, 2.75) is 332 Å². The molecule has 7 rings (SSSR count). The van der Waals surface area contributed by atoms with Crippen molar-refractivity contribution in [3.63, 3.8) is 0 Å². The largest absolute Gasteiger partial charge is 0.394 e. The molecule has 7 aliphatic rings. The van der Waals surface area contributed by atoms with Gasteiger partial charge in [-0.3, -0.25) is 14.4 Å². The van der Waals surface area contributed by atoms with Crippen LogP contribution in [0, 0.1) is 0 Å². The molecule has 37 atom stereocenters. The molecule has 40 nitrogen and oxygen atoms in total. The monoisotopic (exact) mass is 1530 g/mol. The molecule has 105 heavy (non-hydrogen) atoms. The van der Waals surface area contributed by atoms with E-state index >= 15 is 0 Å². The molecule has 0 spiro atoms. The average molecular weight is 1530 g/mol. The third kappa shape index (κ3) is 22.8. The third-order valence-electron chi connectivity index (χ3n) is 19.7. The zero-order valence-corrected chi connectivity index (χ0v) is 58.9. The number of carbonyl (C=O) groups excluding carboxylic acids is 3. The molecule has 7 fully saturated rings. The van der Waals surface area contributed by atoms with E-state index < -0.39 is 285 Å². The SMILES string of the molecule is CCCCCCCCCCCCC/C=C/[C@@H](O)[C@H](CO[C@@H]1O[C@H](CO)[C@@H](O[C@@H]2O[C@H](CO)[C@H](O)[C@H](O[C@@H]3O[C@H](CO)[C@@H](O[C@@H]4O[C@H](CO)[C@H](O)[C@H](O[C@H]5O[C@H](CO)[C@H](O)[C@H](O[C@@H]6O[C@H](CO)[C@H](O)[C@H](O)[C@H]6O)[C@H]5NC(C)=O)[C@H]4O[C@@H]4O[C@@H](C)[C@@H](O)[C@@H](O)[C@@H]4O)[C@H](O)[C@H]3NC(C)=O)[C@H]2O)[C@H](O)[C@H]1O)NC=O. The first-order valence-electron chi connectivity index (χ1n) is 35.8. The van der Waals surface area contributed by atoms with Crippen molar-refractivity contribution in [1.82, 2.24) is 16.0 Å². The van der Waals surface area contributed by atoms with E-state index in [0.29, 0.717) is 12.8 Å². The maximum atomic E-state index is 13.1. The quantitative estimate of drug-likeness (QED) is 0.0154. The van der Waals surface area contributed by atoms with Gasteiger partial charge >= 0.3 is 0 Å². The highest BCUT2D eigenvalue weighted by Gasteiger charge is 2.60. The van der Waals surface area contributed by atoms with Gasteiger partial charge in [0.1, 0.15) is 165 Å². The standard InChI is InChI=1S/C65H113N3O37/c1-5-6-7-8-9-10-11-12-13-14-15-16-17-18-31(78)30(66-26-75)25-92-61-51(90)48(87)54(37(24-74)99-61)100-64-52(91)56(43(82)34(21-71)96-64)103-59-38(67-28(3)76)45(84)53(36(23-73)98-59)101-65-58(105-62-49(88)46(85)40(79)27(2)93-62)57(44(83)35(22-72)97-65)104-60-39(68-29(4)77)55(42(81)33(20-70)94-60)102-63-50(89)47(86)41(80)32(19-69)95-63/h17-18,26-27,30-65,69-74,78-91H,5-16,19-25H2,1-4H3,(H,66,75)(H,67,76)(H,68,77)/b18-17+/t27-,30-,31+,32+,33+,34+,35+,36+,37+,38+,39+,40+,41-,42-,43-,44-,45+,46+,47-,48+,49-,50+,51+,52+,53+,54+,55+,56-,57-,58+,59-,60+,61+,62-,63-,64-,65-/m0/s1. The Kier molecular flexibility index (Phi) is 36.4. The van der Waals surface area contributed by atoms with E-state index in [-0.39, 0.29) is 0 Å². The van der Waals surface area contributed by atoms with E-state index in [4.69, 9.17) is 66.3 Å². The van der Waals surface area contributed by atoms with E-state index in [1.54, 1.807) is 6.08 Å². The first-order valence-corrected chi connectivity index (χ1v) is 35.8. The number of unbranched alkanes of at least 4 members (excludes halogenated alkanes) is 11. The second-order valence-corrected chi connectivity index (χ2v) is 27.5. The van der Waals surface area contributed by atoms with Crippen LogP contribution >= 0.6 is 0 Å². The van der Waals surface area contributed by atoms with Crippen molar-refractivity contribution in [2.24, 2.45) is 0 Å². The van der Waals surface area contributed by atoms with Gasteiger partial charge in [-0.05, 0) is 19.8 Å². The van der Waals surface area contributed by atoms with E-state index in [1.165, 1.54) is 57.9 Å². The Hall–Kier alpha value is -3.21. The topological polar surface area (TPSA) is 621 Å². The Morgan fingerprint density at radius 1 is 0.390 bits per heavy atom. The minimum atomic E-state index is -2.25. The van der Waals surface area contributed by atoms with E-state index in [1.807, 2.05) is 0 Å². The second-order valence-electron chi connectivity index (χ2n) is 27.5. The Labute approximate surface area is 605 Å². The van der Waals surface area contributed by atoms with Gasteiger partial charge in [0.15, 0.2) is 44.0 Å². The van der Waals surface area contributed by atoms with E-state index in [0.717, 1.165) is 39.5 Å². The molecule has 0 saturated carbocycles. The van der Waals surface area contributed by atoms with Gasteiger partial charge in [-0.2, -0.15) is 0 Å². The lowest BCUT2D eigenvalue weighted by molar-refractivity contribution is -0.404. The molecule has 0 radical (unpaired) electrons. The molecule has 7 saturated heterocycles. The fraction of sp³-hybridized carbons (Fsp3) is 0.923. The molecular weight excluding hydrogens is 1410 g/mol. The highest BCUT2D eigenvalue weighted by Crippen LogP contribution is 2.40. The van der Waals surface area contributed by atoms with Crippen LogP contribution in [-0.2, 0) is 80.7 Å². The summed E-state index contributed by atoms with van der Waals surface area (Å²) in [5, 5.41) is 229. The smallest absolute Gasteiger partial charge is 0.217 e. The van der Waals surface area contributed by atoms with Crippen LogP contribution in [0.25, 0.3) is 0 Å². The summed E-state index contributed by atoms with van der Waals surface area (Å²) < 4.78 is 83.5. The molecule has 0 aromatic carbocycles.